The van der Waals surface area contributed by atoms with Gasteiger partial charge in [0, 0.05) is 90.3 Å². The molecule has 5 aliphatic rings. The van der Waals surface area contributed by atoms with E-state index in [9.17, 15) is 0 Å². The van der Waals surface area contributed by atoms with Crippen LogP contribution in [0.15, 0.2) is 189 Å². The second-order valence-electron chi connectivity index (χ2n) is 13.4. The number of nitrogens with zero attached hydrogens (tertiary/aromatic N) is 8. The molecule has 0 fully saturated rings. The van der Waals surface area contributed by atoms with E-state index in [1.165, 1.54) is 0 Å². The third kappa shape index (κ3) is 6.34. The van der Waals surface area contributed by atoms with Crippen LogP contribution in [0.2, 0.25) is 0 Å². The van der Waals surface area contributed by atoms with Gasteiger partial charge in [0.05, 0.1) is 45.6 Å². The molecule has 9 heteroatoms. The van der Waals surface area contributed by atoms with Gasteiger partial charge in [-0.3, -0.25) is 0 Å². The minimum absolute atomic E-state index is 0. The van der Waals surface area contributed by atoms with Crippen molar-refractivity contribution in [3.63, 3.8) is 0 Å². The average molecular weight is 742 g/mol. The van der Waals surface area contributed by atoms with E-state index >= 15 is 0 Å². The van der Waals surface area contributed by atoms with Crippen LogP contribution in [0.5, 0.6) is 0 Å². The molecule has 5 aliphatic heterocycles. The summed E-state index contributed by atoms with van der Waals surface area (Å²) in [7, 11) is 8.10. The van der Waals surface area contributed by atoms with Gasteiger partial charge in [-0.15, -0.1) is 0 Å². The Hall–Kier alpha value is -6.18. The van der Waals surface area contributed by atoms with Gasteiger partial charge in [0.15, 0.2) is 49.6 Å². The Labute approximate surface area is 321 Å². The van der Waals surface area contributed by atoms with E-state index in [1.54, 1.807) is 0 Å². The number of aliphatic imine (C=N–C) groups is 4. The SMILES string of the molecule is C[n+]1ccc(C2=C3C=CC(=N3)C(c3cc[n+](C)cc3)=C3C=CC(=N3)C(c3cc[n+](C)cc3)=C3C=CC(=N3)C(c3cc[n+](C)cc3)=C3C=CC2=N3)cc1.[Zn]. The normalized spacial score (nSPS) is 17.1. The van der Waals surface area contributed by atoms with Crippen LogP contribution in [-0.2, 0) is 47.7 Å². The van der Waals surface area contributed by atoms with E-state index < -0.39 is 0 Å². The Morgan fingerprint density at radius 3 is 0.679 bits per heavy atom. The van der Waals surface area contributed by atoms with Crippen LogP contribution in [0.1, 0.15) is 22.3 Å². The van der Waals surface area contributed by atoms with E-state index in [1.807, 2.05) is 46.5 Å². The molecular weight excluding hydrogens is 706 g/mol. The molecule has 0 atom stereocenters. The Kier molecular flexibility index (Phi) is 8.81. The van der Waals surface area contributed by atoms with E-state index in [0.29, 0.717) is 0 Å². The predicted octanol–water partition coefficient (Wildman–Crippen LogP) is 4.98. The molecule has 9 heterocycles. The van der Waals surface area contributed by atoms with Gasteiger partial charge in [-0.2, -0.15) is 0 Å². The van der Waals surface area contributed by atoms with Gasteiger partial charge in [0.25, 0.3) is 0 Å². The number of allylic oxidation sites excluding steroid dienone is 12. The van der Waals surface area contributed by atoms with E-state index in [0.717, 1.165) is 90.2 Å². The van der Waals surface area contributed by atoms with Crippen LogP contribution in [0.3, 0.4) is 0 Å². The van der Waals surface area contributed by atoms with Gasteiger partial charge >= 0.3 is 0 Å². The summed E-state index contributed by atoms with van der Waals surface area (Å²) in [4.78, 5) is 21.4. The van der Waals surface area contributed by atoms with Crippen LogP contribution < -0.4 is 18.3 Å². The fourth-order valence-electron chi connectivity index (χ4n) is 6.94. The van der Waals surface area contributed by atoms with Crippen molar-refractivity contribution in [3.8, 4) is 0 Å². The minimum Gasteiger partial charge on any atom is -0.248 e. The summed E-state index contributed by atoms with van der Waals surface area (Å²) >= 11 is 0. The monoisotopic (exact) mass is 740 g/mol. The molecule has 0 aromatic carbocycles. The summed E-state index contributed by atoms with van der Waals surface area (Å²) in [5, 5.41) is 0. The number of fused-ring (bicyclic) bond motifs is 4. The zero-order valence-electron chi connectivity index (χ0n) is 30.1. The summed E-state index contributed by atoms with van der Waals surface area (Å²) < 4.78 is 8.14. The molecule has 53 heavy (non-hydrogen) atoms. The molecule has 0 saturated heterocycles. The molecule has 9 rings (SSSR count). The summed E-state index contributed by atoms with van der Waals surface area (Å²) in [6, 6.07) is 17.0. The van der Waals surface area contributed by atoms with Crippen LogP contribution in [-0.4, -0.2) is 22.8 Å². The van der Waals surface area contributed by atoms with Crippen LogP contribution in [0, 0.1) is 0 Å². The zero-order chi connectivity index (χ0) is 35.3. The molecule has 0 spiro atoms. The molecule has 8 nitrogen and oxygen atoms in total. The maximum atomic E-state index is 5.35. The molecule has 0 N–H and O–H groups in total. The van der Waals surface area contributed by atoms with Crippen molar-refractivity contribution in [3.05, 3.63) is 192 Å². The molecule has 8 bridgehead atoms. The quantitative estimate of drug-likeness (QED) is 0.209. The van der Waals surface area contributed by atoms with E-state index in [4.69, 9.17) is 20.0 Å². The summed E-state index contributed by atoms with van der Waals surface area (Å²) in [6.07, 6.45) is 33.3. The van der Waals surface area contributed by atoms with Gasteiger partial charge in [-0.1, -0.05) is 0 Å². The molecule has 4 aromatic heterocycles. The first-order valence-electron chi connectivity index (χ1n) is 17.3. The summed E-state index contributed by atoms with van der Waals surface area (Å²) in [6.45, 7) is 0. The van der Waals surface area contributed by atoms with Crippen LogP contribution in [0.25, 0.3) is 22.3 Å². The van der Waals surface area contributed by atoms with Gasteiger partial charge in [-0.25, -0.2) is 38.2 Å². The van der Waals surface area contributed by atoms with Gasteiger partial charge in [-0.05, 0) is 70.9 Å². The molecule has 0 aliphatic carbocycles. The second kappa shape index (κ2) is 13.8. The third-order valence-corrected chi connectivity index (χ3v) is 9.68. The standard InChI is InChI=1S/C44H36N8.Zn/c1-49-21-13-29(14-22-49)41-33-5-7-35(45-33)42(30-15-23-50(2)24-16-30)37-9-11-39(47-37)44(32-19-27-52(4)28-20-32)40-12-10-38(48-40)43(36-8-6-34(41)46-36)31-17-25-51(3)26-18-31;/h5-28H,1-4H3;/q+4;. The van der Waals surface area contributed by atoms with E-state index in [2.05, 4.69) is 147 Å². The molecule has 0 amide bonds. The second-order valence-corrected chi connectivity index (χ2v) is 13.4. The van der Waals surface area contributed by atoms with Gasteiger partial charge in [0.2, 0.25) is 0 Å². The van der Waals surface area contributed by atoms with E-state index in [-0.39, 0.29) is 19.5 Å². The van der Waals surface area contributed by atoms with Crippen molar-refractivity contribution >= 4 is 45.1 Å². The van der Waals surface area contributed by atoms with Gasteiger partial charge in [0.1, 0.15) is 28.2 Å². The fourth-order valence-corrected chi connectivity index (χ4v) is 6.94. The number of aromatic nitrogens is 4. The van der Waals surface area contributed by atoms with Crippen molar-refractivity contribution in [2.75, 3.05) is 0 Å². The fraction of sp³-hybridized carbons (Fsp3) is 0.0909. The first-order valence-corrected chi connectivity index (χ1v) is 17.3. The Bertz CT molecular complexity index is 2220. The molecule has 0 saturated carbocycles. The number of aryl methyl sites for hydroxylation is 4. The molecule has 4 aromatic rings. The topological polar surface area (TPSA) is 65.0 Å². The zero-order valence-corrected chi connectivity index (χ0v) is 33.1. The summed E-state index contributed by atoms with van der Waals surface area (Å²) in [5.74, 6) is 0. The molecule has 0 unspecified atom stereocenters. The first-order chi connectivity index (χ1) is 25.4. The third-order valence-electron chi connectivity index (χ3n) is 9.68. The van der Waals surface area contributed by atoms with Crippen molar-refractivity contribution in [1.82, 2.24) is 0 Å². The average Bonchev–Trinajstić information content (AvgIpc) is 3.99. The Morgan fingerprint density at radius 2 is 0.491 bits per heavy atom. The molecule has 0 radical (unpaired) electrons. The number of rotatable bonds is 4. The maximum Gasteiger partial charge on any atom is 0.169 e. The van der Waals surface area contributed by atoms with Crippen molar-refractivity contribution < 1.29 is 37.7 Å². The van der Waals surface area contributed by atoms with Crippen LogP contribution in [0.4, 0.5) is 0 Å². The molecular formula is C44H36N8Zn+4. The molecule has 250 valence electrons. The Balaban J connectivity index is 0.00000400. The first kappa shape index (κ1) is 33.9. The van der Waals surface area contributed by atoms with Crippen molar-refractivity contribution in [2.45, 2.75) is 0 Å². The Morgan fingerprint density at radius 1 is 0.302 bits per heavy atom. The number of hydrogen-bond donors (Lipinski definition) is 0. The summed E-state index contributed by atoms with van der Waals surface area (Å²) in [5.41, 5.74) is 14.7. The number of pyridine rings is 4. The largest absolute Gasteiger partial charge is 0.248 e. The van der Waals surface area contributed by atoms with Crippen molar-refractivity contribution in [2.24, 2.45) is 48.2 Å². The van der Waals surface area contributed by atoms with Crippen molar-refractivity contribution in [1.29, 1.82) is 0 Å². The number of hydrogen-bond acceptors (Lipinski definition) is 4. The maximum absolute atomic E-state index is 5.35. The minimum atomic E-state index is 0. The van der Waals surface area contributed by atoms with Crippen LogP contribution >= 0.6 is 0 Å². The smallest absolute Gasteiger partial charge is 0.169 e. The predicted molar refractivity (Wildman–Crippen MR) is 204 cm³/mol. The van der Waals surface area contributed by atoms with Gasteiger partial charge < -0.3 is 0 Å².